The van der Waals surface area contributed by atoms with Crippen molar-refractivity contribution in [1.29, 1.82) is 0 Å². The topological polar surface area (TPSA) is 105 Å². The Balaban J connectivity index is 1.58. The maximum Gasteiger partial charge on any atom is 0.407 e. The summed E-state index contributed by atoms with van der Waals surface area (Å²) in [5.74, 6) is -1.35. The van der Waals surface area contributed by atoms with Gasteiger partial charge in [0.1, 0.15) is 12.6 Å². The molecule has 0 saturated heterocycles. The van der Waals surface area contributed by atoms with Crippen molar-refractivity contribution in [3.63, 3.8) is 0 Å². The summed E-state index contributed by atoms with van der Waals surface area (Å²) in [4.78, 5) is 35.6. The highest BCUT2D eigenvalue weighted by Gasteiger charge is 2.29. The number of alkyl carbamates (subject to hydrolysis) is 1. The molecule has 0 saturated carbocycles. The first kappa shape index (κ1) is 23.1. The Labute approximate surface area is 187 Å². The molecule has 0 bridgehead atoms. The van der Waals surface area contributed by atoms with E-state index >= 15 is 0 Å². The molecule has 7 nitrogen and oxygen atoms in total. The summed E-state index contributed by atoms with van der Waals surface area (Å²) in [6, 6.07) is 15.3. The second-order valence-corrected chi connectivity index (χ2v) is 7.68. The van der Waals surface area contributed by atoms with Crippen LogP contribution in [0.2, 0.25) is 0 Å². The van der Waals surface area contributed by atoms with Gasteiger partial charge in [0.25, 0.3) is 0 Å². The highest BCUT2D eigenvalue weighted by atomic mass is 16.5. The Kier molecular flexibility index (Phi) is 8.02. The Morgan fingerprint density at radius 3 is 2.28 bits per heavy atom. The number of allylic oxidation sites excluding steroid dienone is 1. The van der Waals surface area contributed by atoms with Crippen LogP contribution in [0.1, 0.15) is 42.7 Å². The van der Waals surface area contributed by atoms with Crippen LogP contribution in [-0.2, 0) is 14.3 Å². The standard InChI is InChI=1S/C25H28N2O5/c1-2-3-13-22(24(30)26-15-8-14-23(28)29)27-25(31)32-16-21-19-11-6-4-9-17(19)18-10-5-7-12-20(18)21/h2,4-7,9-12,21-22H,1,3,8,13-16H2,(H,26,30)(H,27,31)(H,28,29). The molecule has 2 aromatic rings. The van der Waals surface area contributed by atoms with Gasteiger partial charge in [-0.25, -0.2) is 4.79 Å². The predicted octanol–water partition coefficient (Wildman–Crippen LogP) is 3.84. The molecule has 1 aliphatic rings. The van der Waals surface area contributed by atoms with Crippen molar-refractivity contribution >= 4 is 18.0 Å². The summed E-state index contributed by atoms with van der Waals surface area (Å²) in [6.07, 6.45) is 2.21. The van der Waals surface area contributed by atoms with E-state index in [1.54, 1.807) is 6.08 Å². The van der Waals surface area contributed by atoms with E-state index < -0.39 is 18.1 Å². The molecule has 1 unspecified atom stereocenters. The number of amides is 2. The zero-order valence-electron chi connectivity index (χ0n) is 17.9. The second-order valence-electron chi connectivity index (χ2n) is 7.68. The minimum absolute atomic E-state index is 0.0303. The second kappa shape index (κ2) is 11.1. The fourth-order valence-corrected chi connectivity index (χ4v) is 3.91. The van der Waals surface area contributed by atoms with E-state index in [1.165, 1.54) is 0 Å². The van der Waals surface area contributed by atoms with Crippen molar-refractivity contribution in [2.75, 3.05) is 13.2 Å². The van der Waals surface area contributed by atoms with Gasteiger partial charge in [-0.15, -0.1) is 6.58 Å². The van der Waals surface area contributed by atoms with Crippen LogP contribution in [0.25, 0.3) is 11.1 Å². The van der Waals surface area contributed by atoms with E-state index in [-0.39, 0.29) is 31.4 Å². The Hall–Kier alpha value is -3.61. The smallest absolute Gasteiger partial charge is 0.407 e. The molecule has 1 aliphatic carbocycles. The summed E-state index contributed by atoms with van der Waals surface area (Å²) in [5.41, 5.74) is 4.50. The van der Waals surface area contributed by atoms with Gasteiger partial charge in [0.05, 0.1) is 0 Å². The van der Waals surface area contributed by atoms with Crippen LogP contribution >= 0.6 is 0 Å². The van der Waals surface area contributed by atoms with Crippen molar-refractivity contribution < 1.29 is 24.2 Å². The molecule has 3 rings (SSSR count). The van der Waals surface area contributed by atoms with Gasteiger partial charge in [0, 0.05) is 18.9 Å². The average Bonchev–Trinajstić information content (AvgIpc) is 3.11. The number of rotatable bonds is 11. The summed E-state index contributed by atoms with van der Waals surface area (Å²) < 4.78 is 5.52. The molecule has 0 aliphatic heterocycles. The van der Waals surface area contributed by atoms with Crippen LogP contribution in [-0.4, -0.2) is 42.3 Å². The lowest BCUT2D eigenvalue weighted by Crippen LogP contribution is -2.47. The van der Waals surface area contributed by atoms with Gasteiger partial charge in [-0.05, 0) is 41.5 Å². The van der Waals surface area contributed by atoms with E-state index in [2.05, 4.69) is 29.3 Å². The molecule has 168 valence electrons. The Bertz CT molecular complexity index is 942. The monoisotopic (exact) mass is 436 g/mol. The van der Waals surface area contributed by atoms with E-state index in [9.17, 15) is 14.4 Å². The minimum atomic E-state index is -0.917. The lowest BCUT2D eigenvalue weighted by atomic mass is 9.98. The van der Waals surface area contributed by atoms with Gasteiger partial charge in [-0.2, -0.15) is 0 Å². The molecule has 2 amide bonds. The summed E-state index contributed by atoms with van der Waals surface area (Å²) >= 11 is 0. The first-order chi connectivity index (χ1) is 15.5. The molecule has 7 heteroatoms. The number of carboxylic acid groups (broad SMARTS) is 1. The van der Waals surface area contributed by atoms with Gasteiger partial charge in [-0.3, -0.25) is 9.59 Å². The van der Waals surface area contributed by atoms with Gasteiger partial charge < -0.3 is 20.5 Å². The van der Waals surface area contributed by atoms with E-state index in [1.807, 2.05) is 36.4 Å². The number of hydrogen-bond acceptors (Lipinski definition) is 4. The third kappa shape index (κ3) is 5.75. The number of carbonyl (C=O) groups excluding carboxylic acids is 2. The van der Waals surface area contributed by atoms with Gasteiger partial charge >= 0.3 is 12.1 Å². The number of carboxylic acids is 1. The van der Waals surface area contributed by atoms with Gasteiger partial charge in [0.15, 0.2) is 0 Å². The third-order valence-corrected chi connectivity index (χ3v) is 5.48. The molecule has 0 spiro atoms. The molecule has 32 heavy (non-hydrogen) atoms. The summed E-state index contributed by atoms with van der Waals surface area (Å²) in [5, 5.41) is 14.0. The highest BCUT2D eigenvalue weighted by Crippen LogP contribution is 2.44. The van der Waals surface area contributed by atoms with E-state index in [0.29, 0.717) is 19.3 Å². The SMILES string of the molecule is C=CCCC(NC(=O)OCC1c2ccccc2-c2ccccc21)C(=O)NCCCC(=O)O. The number of nitrogens with one attached hydrogen (secondary N) is 2. The molecule has 2 aromatic carbocycles. The number of ether oxygens (including phenoxy) is 1. The zero-order valence-corrected chi connectivity index (χ0v) is 17.9. The number of fused-ring (bicyclic) bond motifs is 3. The maximum atomic E-state index is 12.5. The third-order valence-electron chi connectivity index (χ3n) is 5.48. The number of aliphatic carboxylic acids is 1. The lowest BCUT2D eigenvalue weighted by Gasteiger charge is -2.19. The quantitative estimate of drug-likeness (QED) is 0.367. The maximum absolute atomic E-state index is 12.5. The fraction of sp³-hybridized carbons (Fsp3) is 0.320. The number of hydrogen-bond donors (Lipinski definition) is 3. The largest absolute Gasteiger partial charge is 0.481 e. The lowest BCUT2D eigenvalue weighted by molar-refractivity contribution is -0.137. The molecule has 0 radical (unpaired) electrons. The van der Waals surface area contributed by atoms with Crippen molar-refractivity contribution in [1.82, 2.24) is 10.6 Å². The predicted molar refractivity (Wildman–Crippen MR) is 121 cm³/mol. The highest BCUT2D eigenvalue weighted by molar-refractivity contribution is 5.85. The number of carbonyl (C=O) groups is 3. The van der Waals surface area contributed by atoms with Gasteiger partial charge in [0.2, 0.25) is 5.91 Å². The Morgan fingerprint density at radius 2 is 1.69 bits per heavy atom. The van der Waals surface area contributed by atoms with Crippen molar-refractivity contribution in [2.24, 2.45) is 0 Å². The van der Waals surface area contributed by atoms with E-state index in [0.717, 1.165) is 22.3 Å². The van der Waals surface area contributed by atoms with Crippen LogP contribution in [0.3, 0.4) is 0 Å². The zero-order chi connectivity index (χ0) is 22.9. The minimum Gasteiger partial charge on any atom is -0.481 e. The van der Waals surface area contributed by atoms with Crippen LogP contribution in [0.15, 0.2) is 61.2 Å². The molecule has 3 N–H and O–H groups in total. The molecule has 0 heterocycles. The average molecular weight is 437 g/mol. The Morgan fingerprint density at radius 1 is 1.06 bits per heavy atom. The normalized spacial score (nSPS) is 12.9. The molecule has 0 fully saturated rings. The van der Waals surface area contributed by atoms with Crippen LogP contribution in [0, 0.1) is 0 Å². The number of benzene rings is 2. The molecule has 1 atom stereocenters. The van der Waals surface area contributed by atoms with Crippen LogP contribution in [0.5, 0.6) is 0 Å². The summed E-state index contributed by atoms with van der Waals surface area (Å²) in [6.45, 7) is 4.04. The van der Waals surface area contributed by atoms with Crippen molar-refractivity contribution in [2.45, 2.75) is 37.6 Å². The molecule has 0 aromatic heterocycles. The molecular formula is C25H28N2O5. The van der Waals surface area contributed by atoms with E-state index in [4.69, 9.17) is 9.84 Å². The first-order valence-electron chi connectivity index (χ1n) is 10.7. The fourth-order valence-electron chi connectivity index (χ4n) is 3.91. The van der Waals surface area contributed by atoms with Crippen LogP contribution < -0.4 is 10.6 Å². The molecular weight excluding hydrogens is 408 g/mol. The van der Waals surface area contributed by atoms with Crippen molar-refractivity contribution in [3.8, 4) is 11.1 Å². The first-order valence-corrected chi connectivity index (χ1v) is 10.7. The summed E-state index contributed by atoms with van der Waals surface area (Å²) in [7, 11) is 0. The van der Waals surface area contributed by atoms with Crippen LogP contribution in [0.4, 0.5) is 4.79 Å². The van der Waals surface area contributed by atoms with Gasteiger partial charge in [-0.1, -0.05) is 54.6 Å². The van der Waals surface area contributed by atoms with Crippen molar-refractivity contribution in [3.05, 3.63) is 72.3 Å².